The first-order valence-corrected chi connectivity index (χ1v) is 8.84. The summed E-state index contributed by atoms with van der Waals surface area (Å²) in [4.78, 5) is 27.1. The number of anilines is 1. The topological polar surface area (TPSA) is 79.3 Å². The van der Waals surface area contributed by atoms with Crippen molar-refractivity contribution in [1.29, 1.82) is 0 Å². The molecule has 7 nitrogen and oxygen atoms in total. The van der Waals surface area contributed by atoms with Crippen LogP contribution in [0.15, 0.2) is 42.7 Å². The maximum atomic E-state index is 13.2. The smallest absolute Gasteiger partial charge is 0.250 e. The molecule has 2 aromatic rings. The van der Waals surface area contributed by atoms with Gasteiger partial charge in [-0.15, -0.1) is 12.4 Å². The van der Waals surface area contributed by atoms with Gasteiger partial charge in [-0.25, -0.2) is 0 Å². The molecular weight excluding hydrogens is 366 g/mol. The minimum absolute atomic E-state index is 0. The Morgan fingerprint density at radius 1 is 1.26 bits per heavy atom. The third-order valence-electron chi connectivity index (χ3n) is 4.83. The molecule has 1 fully saturated rings. The van der Waals surface area contributed by atoms with Gasteiger partial charge in [0.1, 0.15) is 5.54 Å². The van der Waals surface area contributed by atoms with Crippen LogP contribution in [0.3, 0.4) is 0 Å². The highest BCUT2D eigenvalue weighted by molar-refractivity contribution is 5.95. The number of carbonyl (C=O) groups excluding carboxylic acids is 2. The summed E-state index contributed by atoms with van der Waals surface area (Å²) in [6.45, 7) is 3.49. The van der Waals surface area contributed by atoms with Crippen LogP contribution in [0, 0.1) is 6.92 Å². The molecule has 1 aromatic heterocycles. The van der Waals surface area contributed by atoms with Gasteiger partial charge in [-0.2, -0.15) is 5.10 Å². The van der Waals surface area contributed by atoms with E-state index in [9.17, 15) is 9.59 Å². The molecule has 0 atom stereocenters. The van der Waals surface area contributed by atoms with E-state index in [2.05, 4.69) is 15.7 Å². The molecule has 27 heavy (non-hydrogen) atoms. The number of halogens is 1. The lowest BCUT2D eigenvalue weighted by Gasteiger charge is -2.39. The molecule has 8 heteroatoms. The molecule has 0 unspecified atom stereocenters. The SMILES string of the molecule is Cc1ccc(NC(=O)CN(C)C(=O)C2(n3cccn3)CCNCC2)cc1.Cl. The Balaban J connectivity index is 0.00000261. The molecule has 1 aliphatic rings. The maximum Gasteiger partial charge on any atom is 0.250 e. The van der Waals surface area contributed by atoms with Crippen molar-refractivity contribution in [1.82, 2.24) is 20.0 Å². The fourth-order valence-electron chi connectivity index (χ4n) is 3.38. The number of rotatable bonds is 5. The van der Waals surface area contributed by atoms with Gasteiger partial charge in [0.25, 0.3) is 5.91 Å². The number of benzene rings is 1. The molecule has 146 valence electrons. The van der Waals surface area contributed by atoms with Crippen LogP contribution in [0.2, 0.25) is 0 Å². The largest absolute Gasteiger partial charge is 0.334 e. The van der Waals surface area contributed by atoms with Crippen LogP contribution in [0.5, 0.6) is 0 Å². The number of piperidine rings is 1. The Hall–Kier alpha value is -2.38. The molecule has 0 bridgehead atoms. The summed E-state index contributed by atoms with van der Waals surface area (Å²) in [6, 6.07) is 9.40. The van der Waals surface area contributed by atoms with Gasteiger partial charge in [0, 0.05) is 25.1 Å². The van der Waals surface area contributed by atoms with Crippen molar-refractivity contribution in [3.05, 3.63) is 48.3 Å². The summed E-state index contributed by atoms with van der Waals surface area (Å²) >= 11 is 0. The molecule has 0 aliphatic carbocycles. The van der Waals surface area contributed by atoms with Crippen molar-refractivity contribution in [2.45, 2.75) is 25.3 Å². The first-order valence-electron chi connectivity index (χ1n) is 8.84. The van der Waals surface area contributed by atoms with Gasteiger partial charge in [-0.05, 0) is 51.1 Å². The summed E-state index contributed by atoms with van der Waals surface area (Å²) in [6.07, 6.45) is 4.81. The fraction of sp³-hybridized carbons (Fsp3) is 0.421. The van der Waals surface area contributed by atoms with Gasteiger partial charge in [0.2, 0.25) is 5.91 Å². The Morgan fingerprint density at radius 3 is 2.52 bits per heavy atom. The molecule has 1 saturated heterocycles. The van der Waals surface area contributed by atoms with Crippen LogP contribution in [-0.2, 0) is 15.1 Å². The Kier molecular flexibility index (Phi) is 6.98. The maximum absolute atomic E-state index is 13.2. The summed E-state index contributed by atoms with van der Waals surface area (Å²) in [5.74, 6) is -0.295. The van der Waals surface area contributed by atoms with Crippen LogP contribution < -0.4 is 10.6 Å². The molecule has 0 spiro atoms. The predicted octanol–water partition coefficient (Wildman–Crippen LogP) is 1.79. The van der Waals surface area contributed by atoms with E-state index < -0.39 is 5.54 Å². The molecule has 3 rings (SSSR count). The standard InChI is InChI=1S/C19H25N5O2.ClH/c1-15-4-6-16(7-5-15)22-17(25)14-23(2)18(26)19(8-11-20-12-9-19)24-13-3-10-21-24;/h3-7,10,13,20H,8-9,11-12,14H2,1-2H3,(H,22,25);1H. The Bertz CT molecular complexity index is 755. The van der Waals surface area contributed by atoms with E-state index in [4.69, 9.17) is 0 Å². The lowest BCUT2D eigenvalue weighted by Crippen LogP contribution is -2.55. The highest BCUT2D eigenvalue weighted by atomic mass is 35.5. The summed E-state index contributed by atoms with van der Waals surface area (Å²) in [5, 5.41) is 10.4. The zero-order chi connectivity index (χ0) is 18.6. The van der Waals surface area contributed by atoms with Crippen LogP contribution in [0.1, 0.15) is 18.4 Å². The zero-order valence-electron chi connectivity index (χ0n) is 15.6. The molecule has 0 radical (unpaired) electrons. The lowest BCUT2D eigenvalue weighted by atomic mass is 9.87. The number of hydrogen-bond acceptors (Lipinski definition) is 4. The van der Waals surface area contributed by atoms with Crippen molar-refractivity contribution in [3.63, 3.8) is 0 Å². The number of hydrogen-bond donors (Lipinski definition) is 2. The van der Waals surface area contributed by atoms with Crippen LogP contribution >= 0.6 is 12.4 Å². The van der Waals surface area contributed by atoms with Crippen molar-refractivity contribution in [3.8, 4) is 0 Å². The van der Waals surface area contributed by atoms with Crippen molar-refractivity contribution in [2.24, 2.45) is 0 Å². The number of carbonyl (C=O) groups is 2. The molecule has 2 amide bonds. The van der Waals surface area contributed by atoms with Gasteiger partial charge in [-0.1, -0.05) is 17.7 Å². The number of likely N-dealkylation sites (N-methyl/N-ethyl adjacent to an activating group) is 1. The first-order chi connectivity index (χ1) is 12.5. The van der Waals surface area contributed by atoms with E-state index in [1.807, 2.05) is 43.5 Å². The highest BCUT2D eigenvalue weighted by Crippen LogP contribution is 2.29. The molecule has 2 N–H and O–H groups in total. The van der Waals surface area contributed by atoms with Crippen molar-refractivity contribution >= 4 is 29.9 Å². The molecule has 1 aliphatic heterocycles. The average molecular weight is 392 g/mol. The Labute approximate surface area is 165 Å². The number of aryl methyl sites for hydroxylation is 1. The normalized spacial score (nSPS) is 15.5. The highest BCUT2D eigenvalue weighted by Gasteiger charge is 2.43. The minimum atomic E-state index is -0.729. The quantitative estimate of drug-likeness (QED) is 0.814. The van der Waals surface area contributed by atoms with Gasteiger partial charge in [0.15, 0.2) is 0 Å². The van der Waals surface area contributed by atoms with Crippen LogP contribution in [0.4, 0.5) is 5.69 Å². The predicted molar refractivity (Wildman–Crippen MR) is 107 cm³/mol. The van der Waals surface area contributed by atoms with Gasteiger partial charge < -0.3 is 15.5 Å². The molecule has 0 saturated carbocycles. The van der Waals surface area contributed by atoms with Crippen LogP contribution in [-0.4, -0.2) is 53.2 Å². The number of amides is 2. The summed E-state index contributed by atoms with van der Waals surface area (Å²) in [5.41, 5.74) is 1.13. The van der Waals surface area contributed by atoms with E-state index in [0.717, 1.165) is 24.3 Å². The lowest BCUT2D eigenvalue weighted by molar-refractivity contribution is -0.143. The monoisotopic (exact) mass is 391 g/mol. The second-order valence-corrected chi connectivity index (χ2v) is 6.81. The van der Waals surface area contributed by atoms with E-state index in [-0.39, 0.29) is 30.8 Å². The number of nitrogens with one attached hydrogen (secondary N) is 2. The molecule has 2 heterocycles. The third-order valence-corrected chi connectivity index (χ3v) is 4.83. The fourth-order valence-corrected chi connectivity index (χ4v) is 3.38. The Morgan fingerprint density at radius 2 is 1.93 bits per heavy atom. The first kappa shape index (κ1) is 20.9. The molecule has 1 aromatic carbocycles. The van der Waals surface area contributed by atoms with E-state index in [1.165, 1.54) is 4.90 Å². The van der Waals surface area contributed by atoms with Crippen molar-refractivity contribution < 1.29 is 9.59 Å². The van der Waals surface area contributed by atoms with Crippen LogP contribution in [0.25, 0.3) is 0 Å². The second-order valence-electron chi connectivity index (χ2n) is 6.81. The van der Waals surface area contributed by atoms with E-state index >= 15 is 0 Å². The third kappa shape index (κ3) is 4.67. The van der Waals surface area contributed by atoms with Crippen molar-refractivity contribution in [2.75, 3.05) is 32.0 Å². The van der Waals surface area contributed by atoms with Gasteiger partial charge in [-0.3, -0.25) is 14.3 Å². The van der Waals surface area contributed by atoms with E-state index in [0.29, 0.717) is 12.8 Å². The summed E-state index contributed by atoms with van der Waals surface area (Å²) in [7, 11) is 1.67. The second kappa shape index (κ2) is 9.01. The summed E-state index contributed by atoms with van der Waals surface area (Å²) < 4.78 is 1.74. The van der Waals surface area contributed by atoms with E-state index in [1.54, 1.807) is 17.9 Å². The van der Waals surface area contributed by atoms with Gasteiger partial charge >= 0.3 is 0 Å². The number of nitrogens with zero attached hydrogens (tertiary/aromatic N) is 3. The zero-order valence-corrected chi connectivity index (χ0v) is 16.5. The van der Waals surface area contributed by atoms with Gasteiger partial charge in [0.05, 0.1) is 6.54 Å². The number of aromatic nitrogens is 2. The minimum Gasteiger partial charge on any atom is -0.334 e. The average Bonchev–Trinajstić information content (AvgIpc) is 3.19. The molecular formula is C19H26ClN5O2.